The molecule has 0 spiro atoms. The summed E-state index contributed by atoms with van der Waals surface area (Å²) in [6.45, 7) is 2.01. The molecule has 0 saturated heterocycles. The summed E-state index contributed by atoms with van der Waals surface area (Å²) < 4.78 is 6.24. The Kier molecular flexibility index (Phi) is 1.88. The van der Waals surface area contributed by atoms with Crippen LogP contribution in [-0.4, -0.2) is 12.2 Å². The molecule has 0 aliphatic rings. The first kappa shape index (κ1) is 8.38. The first-order valence-corrected chi connectivity index (χ1v) is 4.85. The van der Waals surface area contributed by atoms with Crippen LogP contribution in [0.4, 0.5) is 0 Å². The van der Waals surface area contributed by atoms with E-state index in [1.165, 1.54) is 0 Å². The third-order valence-corrected chi connectivity index (χ3v) is 3.17. The van der Waals surface area contributed by atoms with E-state index >= 15 is 0 Å². The van der Waals surface area contributed by atoms with Gasteiger partial charge >= 0.3 is 0 Å². The van der Waals surface area contributed by atoms with Gasteiger partial charge in [0.2, 0.25) is 0 Å². The number of hydrogen-bond donors (Lipinski definition) is 1. The van der Waals surface area contributed by atoms with E-state index in [-0.39, 0.29) is 0 Å². The molecule has 0 saturated carbocycles. The van der Waals surface area contributed by atoms with Crippen molar-refractivity contribution in [2.24, 2.45) is 0 Å². The van der Waals surface area contributed by atoms with Gasteiger partial charge in [0.05, 0.1) is 7.11 Å². The minimum atomic E-state index is 0.335. The molecule has 1 aromatic carbocycles. The Balaban J connectivity index is 2.80. The van der Waals surface area contributed by atoms with Crippen molar-refractivity contribution in [2.75, 3.05) is 7.11 Å². The van der Waals surface area contributed by atoms with E-state index in [2.05, 4.69) is 0 Å². The Bertz CT molecular complexity index is 445. The van der Waals surface area contributed by atoms with Crippen LogP contribution in [0.5, 0.6) is 11.5 Å². The number of benzene rings is 1. The number of fused-ring (bicyclic) bond motifs is 1. The van der Waals surface area contributed by atoms with Gasteiger partial charge in [-0.25, -0.2) is 0 Å². The highest BCUT2D eigenvalue weighted by atomic mass is 32.1. The molecule has 3 heteroatoms. The predicted molar refractivity (Wildman–Crippen MR) is 54.8 cm³/mol. The van der Waals surface area contributed by atoms with Crippen LogP contribution in [-0.2, 0) is 0 Å². The van der Waals surface area contributed by atoms with Gasteiger partial charge in [0.25, 0.3) is 0 Å². The first-order valence-electron chi connectivity index (χ1n) is 3.97. The largest absolute Gasteiger partial charge is 0.506 e. The van der Waals surface area contributed by atoms with Crippen molar-refractivity contribution >= 4 is 21.4 Å². The van der Waals surface area contributed by atoms with Crippen molar-refractivity contribution in [3.05, 3.63) is 23.1 Å². The number of aryl methyl sites for hydroxylation is 1. The van der Waals surface area contributed by atoms with Crippen molar-refractivity contribution in [2.45, 2.75) is 6.92 Å². The van der Waals surface area contributed by atoms with Crippen molar-refractivity contribution < 1.29 is 9.84 Å². The van der Waals surface area contributed by atoms with Crippen LogP contribution < -0.4 is 4.74 Å². The molecule has 2 rings (SSSR count). The summed E-state index contributed by atoms with van der Waals surface area (Å²) in [5.41, 5.74) is 1.14. The van der Waals surface area contributed by atoms with Gasteiger partial charge in [0.15, 0.2) is 0 Å². The van der Waals surface area contributed by atoms with Crippen LogP contribution in [0.3, 0.4) is 0 Å². The number of aromatic hydroxyl groups is 1. The normalized spacial score (nSPS) is 10.6. The second-order valence-electron chi connectivity index (χ2n) is 2.94. The highest BCUT2D eigenvalue weighted by Crippen LogP contribution is 2.36. The van der Waals surface area contributed by atoms with Crippen LogP contribution in [0.1, 0.15) is 5.56 Å². The minimum absolute atomic E-state index is 0.335. The van der Waals surface area contributed by atoms with Gasteiger partial charge in [-0.2, -0.15) is 0 Å². The zero-order valence-electron chi connectivity index (χ0n) is 7.50. The number of thiophene rings is 1. The Hall–Kier alpha value is -1.22. The van der Waals surface area contributed by atoms with E-state index in [0.29, 0.717) is 5.75 Å². The van der Waals surface area contributed by atoms with Gasteiger partial charge in [0, 0.05) is 15.5 Å². The van der Waals surface area contributed by atoms with E-state index in [4.69, 9.17) is 4.74 Å². The van der Waals surface area contributed by atoms with Crippen molar-refractivity contribution in [1.82, 2.24) is 0 Å². The fourth-order valence-electron chi connectivity index (χ4n) is 1.38. The lowest BCUT2D eigenvalue weighted by Crippen LogP contribution is -1.83. The van der Waals surface area contributed by atoms with Gasteiger partial charge in [0.1, 0.15) is 11.5 Å². The molecule has 0 radical (unpaired) electrons. The summed E-state index contributed by atoms with van der Waals surface area (Å²) in [7, 11) is 1.63. The SMILES string of the molecule is COc1cc(C)c2scc(O)c2c1. The first-order chi connectivity index (χ1) is 6.22. The van der Waals surface area contributed by atoms with E-state index in [1.807, 2.05) is 19.1 Å². The minimum Gasteiger partial charge on any atom is -0.506 e. The molecule has 0 amide bonds. The third-order valence-electron chi connectivity index (χ3n) is 2.05. The Morgan fingerprint density at radius 2 is 2.15 bits per heavy atom. The maximum atomic E-state index is 9.51. The van der Waals surface area contributed by atoms with Crippen molar-refractivity contribution in [3.8, 4) is 11.5 Å². The molecule has 2 nitrogen and oxygen atoms in total. The van der Waals surface area contributed by atoms with Crippen LogP contribution in [0.25, 0.3) is 10.1 Å². The molecule has 0 aliphatic carbocycles. The summed E-state index contributed by atoms with van der Waals surface area (Å²) in [6.07, 6.45) is 0. The molecule has 68 valence electrons. The molecule has 1 heterocycles. The average molecular weight is 194 g/mol. The maximum absolute atomic E-state index is 9.51. The van der Waals surface area contributed by atoms with Crippen LogP contribution >= 0.6 is 11.3 Å². The summed E-state index contributed by atoms with van der Waals surface area (Å²) in [5.74, 6) is 1.13. The molecule has 0 atom stereocenters. The van der Waals surface area contributed by atoms with E-state index in [9.17, 15) is 5.11 Å². The molecule has 0 aliphatic heterocycles. The molecule has 0 bridgehead atoms. The molecular weight excluding hydrogens is 184 g/mol. The number of rotatable bonds is 1. The zero-order valence-corrected chi connectivity index (χ0v) is 8.31. The lowest BCUT2D eigenvalue weighted by Gasteiger charge is -2.02. The molecule has 1 N–H and O–H groups in total. The van der Waals surface area contributed by atoms with Crippen LogP contribution in [0.15, 0.2) is 17.5 Å². The second-order valence-corrected chi connectivity index (χ2v) is 3.82. The summed E-state index contributed by atoms with van der Waals surface area (Å²) >= 11 is 1.55. The number of hydrogen-bond acceptors (Lipinski definition) is 3. The lowest BCUT2D eigenvalue weighted by molar-refractivity contribution is 0.415. The van der Waals surface area contributed by atoms with E-state index in [0.717, 1.165) is 21.4 Å². The average Bonchev–Trinajstić information content (AvgIpc) is 2.48. The van der Waals surface area contributed by atoms with Gasteiger partial charge in [-0.15, -0.1) is 11.3 Å². The van der Waals surface area contributed by atoms with E-state index < -0.39 is 0 Å². The van der Waals surface area contributed by atoms with Crippen LogP contribution in [0.2, 0.25) is 0 Å². The van der Waals surface area contributed by atoms with Crippen molar-refractivity contribution in [3.63, 3.8) is 0 Å². The summed E-state index contributed by atoms with van der Waals surface area (Å²) in [6, 6.07) is 3.83. The van der Waals surface area contributed by atoms with Crippen molar-refractivity contribution in [1.29, 1.82) is 0 Å². The second kappa shape index (κ2) is 2.92. The summed E-state index contributed by atoms with van der Waals surface area (Å²) in [5, 5.41) is 12.1. The number of methoxy groups -OCH3 is 1. The highest BCUT2D eigenvalue weighted by Gasteiger charge is 2.06. The van der Waals surface area contributed by atoms with E-state index in [1.54, 1.807) is 23.8 Å². The Labute approximate surface area is 80.4 Å². The molecule has 0 unspecified atom stereocenters. The molecule has 1 aromatic heterocycles. The van der Waals surface area contributed by atoms with Gasteiger partial charge in [-0.1, -0.05) is 0 Å². The monoisotopic (exact) mass is 194 g/mol. The third kappa shape index (κ3) is 1.25. The fraction of sp³-hybridized carbons (Fsp3) is 0.200. The topological polar surface area (TPSA) is 29.5 Å². The lowest BCUT2D eigenvalue weighted by atomic mass is 10.1. The predicted octanol–water partition coefficient (Wildman–Crippen LogP) is 2.92. The fourth-order valence-corrected chi connectivity index (χ4v) is 2.28. The van der Waals surface area contributed by atoms with Gasteiger partial charge in [-0.3, -0.25) is 0 Å². The molecule has 13 heavy (non-hydrogen) atoms. The molecular formula is C10H10O2S. The quantitative estimate of drug-likeness (QED) is 0.756. The van der Waals surface area contributed by atoms with Crippen LogP contribution in [0, 0.1) is 6.92 Å². The Morgan fingerprint density at radius 1 is 1.38 bits per heavy atom. The molecule has 0 fully saturated rings. The number of ether oxygens (including phenoxy) is 1. The Morgan fingerprint density at radius 3 is 2.85 bits per heavy atom. The smallest absolute Gasteiger partial charge is 0.134 e. The van der Waals surface area contributed by atoms with Gasteiger partial charge in [-0.05, 0) is 24.6 Å². The van der Waals surface area contributed by atoms with Gasteiger partial charge < -0.3 is 9.84 Å². The summed E-state index contributed by atoms with van der Waals surface area (Å²) in [4.78, 5) is 0. The standard InChI is InChI=1S/C10H10O2S/c1-6-3-7(12-2)4-8-9(11)5-13-10(6)8/h3-5,11H,1-2H3. The zero-order chi connectivity index (χ0) is 9.42. The maximum Gasteiger partial charge on any atom is 0.134 e. The highest BCUT2D eigenvalue weighted by molar-refractivity contribution is 7.17. The molecule has 2 aromatic rings.